The van der Waals surface area contributed by atoms with Crippen molar-refractivity contribution in [2.45, 2.75) is 6.92 Å². The van der Waals surface area contributed by atoms with E-state index in [1.165, 1.54) is 0 Å². The fourth-order valence-corrected chi connectivity index (χ4v) is 0.601. The first-order valence-electron chi connectivity index (χ1n) is 3.15. The zero-order valence-electron chi connectivity index (χ0n) is 5.86. The summed E-state index contributed by atoms with van der Waals surface area (Å²) in [7, 11) is 0. The summed E-state index contributed by atoms with van der Waals surface area (Å²) in [6.45, 7) is 2.57. The molecule has 0 radical (unpaired) electrons. The van der Waals surface area contributed by atoms with Gasteiger partial charge in [0, 0.05) is 24.7 Å². The van der Waals surface area contributed by atoms with Crippen molar-refractivity contribution in [2.75, 3.05) is 6.54 Å². The van der Waals surface area contributed by atoms with Gasteiger partial charge in [0.2, 0.25) is 0 Å². The van der Waals surface area contributed by atoms with Crippen LogP contribution in [0.4, 0.5) is 0 Å². The lowest BCUT2D eigenvalue weighted by Crippen LogP contribution is -1.80. The molecule has 0 N–H and O–H groups in total. The van der Waals surface area contributed by atoms with E-state index in [2.05, 4.69) is 15.0 Å². The van der Waals surface area contributed by atoms with E-state index in [-0.39, 0.29) is 0 Å². The van der Waals surface area contributed by atoms with Crippen molar-refractivity contribution >= 4 is 18.3 Å². The monoisotopic (exact) mass is 135 g/mol. The first kappa shape index (κ1) is 6.86. The molecule has 0 aromatic rings. The Morgan fingerprint density at radius 1 is 1.70 bits per heavy atom. The maximum atomic E-state index is 4.04. The third-order valence-corrected chi connectivity index (χ3v) is 1.02. The van der Waals surface area contributed by atoms with Gasteiger partial charge in [0.1, 0.15) is 5.84 Å². The van der Waals surface area contributed by atoms with Gasteiger partial charge in [-0.15, -0.1) is 0 Å². The fraction of sp³-hybridized carbons (Fsp3) is 0.286. The summed E-state index contributed by atoms with van der Waals surface area (Å²) in [5.74, 6) is 0.755. The number of hydrogen-bond acceptors (Lipinski definition) is 3. The normalized spacial score (nSPS) is 17.5. The van der Waals surface area contributed by atoms with E-state index >= 15 is 0 Å². The van der Waals surface area contributed by atoms with E-state index in [1.54, 1.807) is 24.7 Å². The van der Waals surface area contributed by atoms with Crippen LogP contribution in [0.2, 0.25) is 0 Å². The molecule has 3 heteroatoms. The van der Waals surface area contributed by atoms with Crippen molar-refractivity contribution in [3.05, 3.63) is 12.3 Å². The van der Waals surface area contributed by atoms with E-state index in [9.17, 15) is 0 Å². The first-order valence-corrected chi connectivity index (χ1v) is 3.15. The van der Waals surface area contributed by atoms with Gasteiger partial charge < -0.3 is 0 Å². The third-order valence-electron chi connectivity index (χ3n) is 1.02. The highest BCUT2D eigenvalue weighted by Crippen LogP contribution is 1.90. The summed E-state index contributed by atoms with van der Waals surface area (Å²) in [6.07, 6.45) is 6.95. The quantitative estimate of drug-likeness (QED) is 0.508. The Kier molecular flexibility index (Phi) is 2.55. The molecule has 52 valence electrons. The zero-order chi connectivity index (χ0) is 7.23. The molecule has 0 fully saturated rings. The Morgan fingerprint density at radius 3 is 3.20 bits per heavy atom. The lowest BCUT2D eigenvalue weighted by molar-refractivity contribution is 1.36. The smallest absolute Gasteiger partial charge is 0.148 e. The summed E-state index contributed by atoms with van der Waals surface area (Å²) in [5, 5.41) is 0. The Hall–Kier alpha value is -1.25. The van der Waals surface area contributed by atoms with Crippen molar-refractivity contribution in [3.63, 3.8) is 0 Å². The third kappa shape index (κ3) is 1.93. The minimum atomic E-state index is 0.704. The van der Waals surface area contributed by atoms with Crippen LogP contribution in [0.3, 0.4) is 0 Å². The average molecular weight is 135 g/mol. The van der Waals surface area contributed by atoms with Crippen LogP contribution >= 0.6 is 0 Å². The number of nitrogens with zero attached hydrogens (tertiary/aromatic N) is 3. The molecule has 0 bridgehead atoms. The van der Waals surface area contributed by atoms with Crippen LogP contribution in [-0.2, 0) is 0 Å². The van der Waals surface area contributed by atoms with E-state index in [4.69, 9.17) is 0 Å². The predicted octanol–water partition coefficient (Wildman–Crippen LogP) is 1.07. The molecule has 0 spiro atoms. The van der Waals surface area contributed by atoms with Crippen LogP contribution in [-0.4, -0.2) is 24.8 Å². The van der Waals surface area contributed by atoms with Crippen molar-refractivity contribution in [2.24, 2.45) is 15.0 Å². The fourth-order valence-electron chi connectivity index (χ4n) is 0.601. The first-order chi connectivity index (χ1) is 4.93. The summed E-state index contributed by atoms with van der Waals surface area (Å²) in [4.78, 5) is 11.9. The molecule has 0 unspecified atom stereocenters. The van der Waals surface area contributed by atoms with Crippen LogP contribution in [0, 0.1) is 0 Å². The number of aliphatic imine (C=N–C) groups is 3. The van der Waals surface area contributed by atoms with E-state index in [0.717, 1.165) is 5.84 Å². The van der Waals surface area contributed by atoms with Crippen molar-refractivity contribution < 1.29 is 0 Å². The second-order valence-electron chi connectivity index (χ2n) is 1.73. The molecule has 0 aromatic heterocycles. The molecule has 1 aliphatic rings. The lowest BCUT2D eigenvalue weighted by atomic mass is 10.6. The molecule has 0 aromatic carbocycles. The second kappa shape index (κ2) is 3.71. The van der Waals surface area contributed by atoms with Gasteiger partial charge in [-0.3, -0.25) is 9.98 Å². The highest BCUT2D eigenvalue weighted by atomic mass is 15.0. The molecular formula is C7H9N3. The Morgan fingerprint density at radius 2 is 2.60 bits per heavy atom. The lowest BCUT2D eigenvalue weighted by Gasteiger charge is -1.79. The SMILES string of the molecule is CC=N/C=C\C1=NCC=N1. The highest BCUT2D eigenvalue weighted by Gasteiger charge is 1.92. The van der Waals surface area contributed by atoms with Gasteiger partial charge in [0.15, 0.2) is 0 Å². The second-order valence-corrected chi connectivity index (χ2v) is 1.73. The van der Waals surface area contributed by atoms with Crippen LogP contribution in [0.5, 0.6) is 0 Å². The van der Waals surface area contributed by atoms with Crippen molar-refractivity contribution in [3.8, 4) is 0 Å². The maximum Gasteiger partial charge on any atom is 0.148 e. The van der Waals surface area contributed by atoms with E-state index in [1.807, 2.05) is 6.92 Å². The largest absolute Gasteiger partial charge is 0.269 e. The van der Waals surface area contributed by atoms with Crippen molar-refractivity contribution in [1.29, 1.82) is 0 Å². The number of rotatable bonds is 2. The molecule has 1 aliphatic heterocycles. The van der Waals surface area contributed by atoms with Gasteiger partial charge in [-0.1, -0.05) is 0 Å². The summed E-state index contributed by atoms with van der Waals surface area (Å²) >= 11 is 0. The number of amidine groups is 1. The van der Waals surface area contributed by atoms with Gasteiger partial charge in [0.25, 0.3) is 0 Å². The predicted molar refractivity (Wildman–Crippen MR) is 44.1 cm³/mol. The molecule has 0 atom stereocenters. The average Bonchev–Trinajstić information content (AvgIpc) is 2.41. The van der Waals surface area contributed by atoms with E-state index < -0.39 is 0 Å². The van der Waals surface area contributed by atoms with Gasteiger partial charge in [-0.25, -0.2) is 4.99 Å². The topological polar surface area (TPSA) is 37.1 Å². The van der Waals surface area contributed by atoms with Gasteiger partial charge in [-0.05, 0) is 6.92 Å². The molecule has 0 saturated carbocycles. The molecular weight excluding hydrogens is 126 g/mol. The van der Waals surface area contributed by atoms with Gasteiger partial charge >= 0.3 is 0 Å². The molecule has 0 aliphatic carbocycles. The molecule has 10 heavy (non-hydrogen) atoms. The molecule has 0 saturated heterocycles. The Labute approximate surface area is 59.9 Å². The summed E-state index contributed by atoms with van der Waals surface area (Å²) < 4.78 is 0. The Bertz CT molecular complexity index is 211. The van der Waals surface area contributed by atoms with Crippen LogP contribution in [0.25, 0.3) is 0 Å². The van der Waals surface area contributed by atoms with Crippen LogP contribution < -0.4 is 0 Å². The van der Waals surface area contributed by atoms with Crippen LogP contribution in [0.1, 0.15) is 6.92 Å². The Balaban J connectivity index is 2.44. The minimum absolute atomic E-state index is 0.704. The van der Waals surface area contributed by atoms with Crippen molar-refractivity contribution in [1.82, 2.24) is 0 Å². The molecule has 0 amide bonds. The zero-order valence-corrected chi connectivity index (χ0v) is 5.86. The standard InChI is InChI=1S/C7H9N3/c1-2-8-4-3-7-9-5-6-10-7/h2-5H,6H2,1H3/b4-3-,8-2?. The minimum Gasteiger partial charge on any atom is -0.269 e. The number of hydrogen-bond donors (Lipinski definition) is 0. The van der Waals surface area contributed by atoms with E-state index in [0.29, 0.717) is 6.54 Å². The molecule has 1 rings (SSSR count). The molecule has 3 nitrogen and oxygen atoms in total. The highest BCUT2D eigenvalue weighted by molar-refractivity contribution is 6.01. The summed E-state index contributed by atoms with van der Waals surface area (Å²) in [6, 6.07) is 0. The maximum absolute atomic E-state index is 4.04. The molecule has 1 heterocycles. The summed E-state index contributed by atoms with van der Waals surface area (Å²) in [5.41, 5.74) is 0. The van der Waals surface area contributed by atoms with Gasteiger partial charge in [-0.2, -0.15) is 0 Å². The van der Waals surface area contributed by atoms with Crippen LogP contribution in [0.15, 0.2) is 27.3 Å². The van der Waals surface area contributed by atoms with Gasteiger partial charge in [0.05, 0.1) is 6.54 Å².